The molecule has 3 amide bonds. The van der Waals surface area contributed by atoms with Gasteiger partial charge in [0.1, 0.15) is 30.5 Å². The van der Waals surface area contributed by atoms with Crippen LogP contribution in [0.3, 0.4) is 0 Å². The number of benzene rings is 1. The minimum absolute atomic E-state index is 0.0736. The molecule has 0 radical (unpaired) electrons. The molecule has 1 unspecified atom stereocenters. The number of hydrogen-bond donors (Lipinski definition) is 3. The van der Waals surface area contributed by atoms with Gasteiger partial charge in [-0.2, -0.15) is 0 Å². The van der Waals surface area contributed by atoms with Gasteiger partial charge >= 0.3 is 12.1 Å². The molecule has 0 heterocycles. The third-order valence-electron chi connectivity index (χ3n) is 4.99. The van der Waals surface area contributed by atoms with E-state index in [1.807, 2.05) is 0 Å². The molecule has 35 heavy (non-hydrogen) atoms. The Kier molecular flexibility index (Phi) is 12.6. The fraction of sp³-hybridized carbons (Fsp3) is 0.600. The van der Waals surface area contributed by atoms with Gasteiger partial charge in [-0.3, -0.25) is 14.4 Å². The second-order valence-corrected chi connectivity index (χ2v) is 9.15. The number of phenolic OH excluding ortho intramolecular Hbond substituents is 1. The summed E-state index contributed by atoms with van der Waals surface area (Å²) < 4.78 is 9.78. The van der Waals surface area contributed by atoms with Crippen LogP contribution in [-0.4, -0.2) is 66.2 Å². The highest BCUT2D eigenvalue weighted by Crippen LogP contribution is 2.25. The Labute approximate surface area is 207 Å². The van der Waals surface area contributed by atoms with Crippen LogP contribution in [0.25, 0.3) is 0 Å². The van der Waals surface area contributed by atoms with Gasteiger partial charge in [-0.1, -0.05) is 44.7 Å². The molecule has 10 nitrogen and oxygen atoms in total. The van der Waals surface area contributed by atoms with Crippen LogP contribution in [0.15, 0.2) is 24.3 Å². The monoisotopic (exact) mass is 493 g/mol. The third kappa shape index (κ3) is 11.6. The first kappa shape index (κ1) is 29.7. The van der Waals surface area contributed by atoms with Crippen molar-refractivity contribution in [2.75, 3.05) is 26.7 Å². The fourth-order valence-corrected chi connectivity index (χ4v) is 3.34. The van der Waals surface area contributed by atoms with E-state index in [0.717, 1.165) is 25.7 Å². The smallest absolute Gasteiger partial charge is 0.408 e. The molecule has 0 aliphatic carbocycles. The van der Waals surface area contributed by atoms with Gasteiger partial charge in [0.25, 0.3) is 0 Å². The van der Waals surface area contributed by atoms with Crippen LogP contribution >= 0.6 is 0 Å². The molecule has 1 rings (SSSR count). The van der Waals surface area contributed by atoms with E-state index in [0.29, 0.717) is 12.0 Å². The summed E-state index contributed by atoms with van der Waals surface area (Å²) in [7, 11) is 1.20. The Balaban J connectivity index is 3.17. The van der Waals surface area contributed by atoms with E-state index in [1.165, 1.54) is 24.1 Å². The van der Waals surface area contributed by atoms with Gasteiger partial charge in [0, 0.05) is 6.54 Å². The lowest BCUT2D eigenvalue weighted by atomic mass is 10.0. The van der Waals surface area contributed by atoms with Gasteiger partial charge in [0.2, 0.25) is 11.8 Å². The van der Waals surface area contributed by atoms with E-state index in [2.05, 4.69) is 22.3 Å². The molecule has 1 aromatic carbocycles. The van der Waals surface area contributed by atoms with E-state index < -0.39 is 35.5 Å². The second kappa shape index (κ2) is 14.9. The van der Waals surface area contributed by atoms with Crippen LogP contribution in [0.4, 0.5) is 4.79 Å². The van der Waals surface area contributed by atoms with Gasteiger partial charge in [0.15, 0.2) is 0 Å². The lowest BCUT2D eigenvalue weighted by Gasteiger charge is -2.31. The maximum atomic E-state index is 13.3. The highest BCUT2D eigenvalue weighted by atomic mass is 16.6. The minimum Gasteiger partial charge on any atom is -0.508 e. The van der Waals surface area contributed by atoms with Crippen LogP contribution in [-0.2, 0) is 23.9 Å². The zero-order chi connectivity index (χ0) is 26.4. The number of hydrogen-bond acceptors (Lipinski definition) is 7. The summed E-state index contributed by atoms with van der Waals surface area (Å²) in [6.45, 7) is 6.71. The number of carbonyl (C=O) groups is 4. The molecule has 0 aliphatic heterocycles. The summed E-state index contributed by atoms with van der Waals surface area (Å²) >= 11 is 0. The maximum absolute atomic E-state index is 13.3. The zero-order valence-corrected chi connectivity index (χ0v) is 21.4. The van der Waals surface area contributed by atoms with Crippen molar-refractivity contribution in [2.24, 2.45) is 0 Å². The average Bonchev–Trinajstić information content (AvgIpc) is 2.78. The number of unbranched alkanes of at least 4 members (excludes halogenated alkanes) is 4. The molecule has 0 spiro atoms. The molecule has 1 aromatic rings. The summed E-state index contributed by atoms with van der Waals surface area (Å²) in [5.41, 5.74) is -0.365. The highest BCUT2D eigenvalue weighted by Gasteiger charge is 2.32. The predicted octanol–water partition coefficient (Wildman–Crippen LogP) is 3.05. The van der Waals surface area contributed by atoms with Crippen molar-refractivity contribution in [1.29, 1.82) is 0 Å². The van der Waals surface area contributed by atoms with Crippen molar-refractivity contribution in [3.8, 4) is 5.75 Å². The standard InChI is InChI=1S/C25H39N3O7/c1-6-7-8-9-10-14-28(20(30)16-27-24(33)35-25(2,3)4)22(18-12-11-13-19(29)15-18)23(32)26-17-21(31)34-5/h11-13,15,22,29H,6-10,14,16-17H2,1-5H3,(H,26,32)(H,27,33). The van der Waals surface area contributed by atoms with Gasteiger partial charge in [-0.15, -0.1) is 0 Å². The number of methoxy groups -OCH3 is 1. The Bertz CT molecular complexity index is 852. The lowest BCUT2D eigenvalue weighted by Crippen LogP contribution is -2.48. The predicted molar refractivity (Wildman–Crippen MR) is 131 cm³/mol. The molecule has 0 aromatic heterocycles. The first-order chi connectivity index (χ1) is 16.5. The maximum Gasteiger partial charge on any atom is 0.408 e. The van der Waals surface area contributed by atoms with E-state index >= 15 is 0 Å². The Morgan fingerprint density at radius 1 is 1.03 bits per heavy atom. The van der Waals surface area contributed by atoms with E-state index in [4.69, 9.17) is 4.74 Å². The lowest BCUT2D eigenvalue weighted by molar-refractivity contribution is -0.143. The van der Waals surface area contributed by atoms with Gasteiger partial charge in [0.05, 0.1) is 7.11 Å². The summed E-state index contributed by atoms with van der Waals surface area (Å²) in [4.78, 5) is 51.4. The number of phenols is 1. The molecule has 0 aliphatic rings. The van der Waals surface area contributed by atoms with Crippen molar-refractivity contribution in [1.82, 2.24) is 15.5 Å². The average molecular weight is 494 g/mol. The Hall–Kier alpha value is -3.30. The van der Waals surface area contributed by atoms with Crippen LogP contribution in [0, 0.1) is 0 Å². The normalized spacial score (nSPS) is 11.8. The van der Waals surface area contributed by atoms with Crippen LogP contribution in [0.1, 0.15) is 71.4 Å². The van der Waals surface area contributed by atoms with Crippen molar-refractivity contribution in [3.63, 3.8) is 0 Å². The van der Waals surface area contributed by atoms with Gasteiger partial charge in [-0.05, 0) is 44.9 Å². The number of nitrogens with zero attached hydrogens (tertiary/aromatic N) is 1. The summed E-state index contributed by atoms with van der Waals surface area (Å²) in [6, 6.07) is 4.88. The van der Waals surface area contributed by atoms with Crippen LogP contribution in [0.2, 0.25) is 0 Å². The first-order valence-corrected chi connectivity index (χ1v) is 11.9. The number of carbonyl (C=O) groups excluding carboxylic acids is 4. The number of aromatic hydroxyl groups is 1. The summed E-state index contributed by atoms with van der Waals surface area (Å²) in [5, 5.41) is 14.9. The first-order valence-electron chi connectivity index (χ1n) is 11.9. The zero-order valence-electron chi connectivity index (χ0n) is 21.4. The molecule has 10 heteroatoms. The number of nitrogens with one attached hydrogen (secondary N) is 2. The van der Waals surface area contributed by atoms with E-state index in [1.54, 1.807) is 32.9 Å². The second-order valence-electron chi connectivity index (χ2n) is 9.15. The van der Waals surface area contributed by atoms with E-state index in [-0.39, 0.29) is 25.4 Å². The van der Waals surface area contributed by atoms with Gasteiger partial charge < -0.3 is 30.1 Å². The molecule has 196 valence electrons. The molecule has 0 saturated carbocycles. The number of esters is 1. The molecule has 0 bridgehead atoms. The molecular weight excluding hydrogens is 454 g/mol. The third-order valence-corrected chi connectivity index (χ3v) is 4.99. The Morgan fingerprint density at radius 2 is 1.71 bits per heavy atom. The highest BCUT2D eigenvalue weighted by molar-refractivity contribution is 5.91. The topological polar surface area (TPSA) is 134 Å². The number of ether oxygens (including phenoxy) is 2. The fourth-order valence-electron chi connectivity index (χ4n) is 3.34. The molecular formula is C25H39N3O7. The quantitative estimate of drug-likeness (QED) is 0.284. The molecule has 3 N–H and O–H groups in total. The number of rotatable bonds is 13. The largest absolute Gasteiger partial charge is 0.508 e. The summed E-state index contributed by atoms with van der Waals surface area (Å²) in [6.07, 6.45) is 3.84. The molecule has 0 saturated heterocycles. The molecule has 1 atom stereocenters. The van der Waals surface area contributed by atoms with E-state index in [9.17, 15) is 24.3 Å². The van der Waals surface area contributed by atoms with Crippen molar-refractivity contribution >= 4 is 23.9 Å². The Morgan fingerprint density at radius 3 is 2.31 bits per heavy atom. The van der Waals surface area contributed by atoms with Crippen LogP contribution in [0.5, 0.6) is 5.75 Å². The number of alkyl carbamates (subject to hydrolysis) is 1. The minimum atomic E-state index is -1.13. The summed E-state index contributed by atoms with van der Waals surface area (Å²) in [5.74, 6) is -1.83. The van der Waals surface area contributed by atoms with Crippen molar-refractivity contribution in [2.45, 2.75) is 71.4 Å². The SMILES string of the molecule is CCCCCCCN(C(=O)CNC(=O)OC(C)(C)C)C(C(=O)NCC(=O)OC)c1cccc(O)c1. The van der Waals surface area contributed by atoms with Gasteiger partial charge in [-0.25, -0.2) is 4.79 Å². The van der Waals surface area contributed by atoms with Crippen molar-refractivity contribution in [3.05, 3.63) is 29.8 Å². The molecule has 0 fully saturated rings. The van der Waals surface area contributed by atoms with Crippen molar-refractivity contribution < 1.29 is 33.8 Å². The number of amides is 3. The van der Waals surface area contributed by atoms with Crippen LogP contribution < -0.4 is 10.6 Å².